The highest BCUT2D eigenvalue weighted by molar-refractivity contribution is 5.32. The van der Waals surface area contributed by atoms with E-state index in [1.54, 1.807) is 6.07 Å². The quantitative estimate of drug-likeness (QED) is 0.644. The molecule has 0 saturated carbocycles. The van der Waals surface area contributed by atoms with Crippen LogP contribution in [0.1, 0.15) is 23.7 Å². The molecule has 1 unspecified atom stereocenters. The zero-order valence-electron chi connectivity index (χ0n) is 12.4. The van der Waals surface area contributed by atoms with E-state index in [1.807, 2.05) is 0 Å². The number of hydrogen-bond donors (Lipinski definition) is 0. The van der Waals surface area contributed by atoms with E-state index in [4.69, 9.17) is 5.26 Å². The van der Waals surface area contributed by atoms with Crippen molar-refractivity contribution in [2.45, 2.75) is 36.5 Å². The third-order valence-corrected chi connectivity index (χ3v) is 3.35. The van der Waals surface area contributed by atoms with Crippen molar-refractivity contribution in [1.82, 2.24) is 0 Å². The molecule has 25 heavy (non-hydrogen) atoms. The fraction of sp³-hybridized carbons (Fsp3) is 0.500. The Morgan fingerprint density at radius 2 is 1.40 bits per heavy atom. The average molecular weight is 379 g/mol. The van der Waals surface area contributed by atoms with E-state index in [-0.39, 0.29) is 11.1 Å². The second-order valence-corrected chi connectivity index (χ2v) is 5.01. The fourth-order valence-electron chi connectivity index (χ4n) is 1.88. The molecule has 0 aromatic heterocycles. The first-order chi connectivity index (χ1) is 11.2. The van der Waals surface area contributed by atoms with Gasteiger partial charge in [-0.3, -0.25) is 0 Å². The molecule has 140 valence electrons. The van der Waals surface area contributed by atoms with Crippen molar-refractivity contribution in [3.05, 3.63) is 35.4 Å². The van der Waals surface area contributed by atoms with Gasteiger partial charge in [0.05, 0.1) is 17.7 Å². The number of nitriles is 1. The minimum atomic E-state index is -6.94. The van der Waals surface area contributed by atoms with Crippen molar-refractivity contribution in [2.24, 2.45) is 0 Å². The van der Waals surface area contributed by atoms with Crippen molar-refractivity contribution in [2.75, 3.05) is 7.11 Å². The van der Waals surface area contributed by atoms with Gasteiger partial charge in [-0.05, 0) is 17.7 Å². The first-order valence-electron chi connectivity index (χ1n) is 6.44. The second-order valence-electron chi connectivity index (χ2n) is 5.01. The molecule has 1 aromatic carbocycles. The predicted octanol–water partition coefficient (Wildman–Crippen LogP) is 5.10. The summed E-state index contributed by atoms with van der Waals surface area (Å²) in [6.07, 6.45) is -10.9. The Bertz CT molecular complexity index is 631. The van der Waals surface area contributed by atoms with Crippen molar-refractivity contribution < 1.29 is 44.3 Å². The highest BCUT2D eigenvalue weighted by Crippen LogP contribution is 2.55. The summed E-state index contributed by atoms with van der Waals surface area (Å²) in [5, 5.41) is 8.59. The summed E-state index contributed by atoms with van der Waals surface area (Å²) in [7, 11) is 0.791. The summed E-state index contributed by atoms with van der Waals surface area (Å²) in [4.78, 5) is 0. The van der Waals surface area contributed by atoms with Crippen LogP contribution in [0.15, 0.2) is 24.3 Å². The van der Waals surface area contributed by atoms with Crippen LogP contribution in [0.3, 0.4) is 0 Å². The Labute approximate surface area is 135 Å². The number of alkyl halides is 9. The van der Waals surface area contributed by atoms with Gasteiger partial charge in [-0.15, -0.1) is 0 Å². The number of benzene rings is 1. The molecule has 0 bridgehead atoms. The largest absolute Gasteiger partial charge is 0.460 e. The Kier molecular flexibility index (Phi) is 5.69. The summed E-state index contributed by atoms with van der Waals surface area (Å²) in [5.74, 6) is -19.4. The van der Waals surface area contributed by atoms with E-state index < -0.39 is 36.5 Å². The Balaban J connectivity index is 3.17. The van der Waals surface area contributed by atoms with Gasteiger partial charge in [0.1, 0.15) is 0 Å². The molecule has 0 saturated heterocycles. The van der Waals surface area contributed by atoms with Gasteiger partial charge in [0.25, 0.3) is 0 Å². The standard InChI is InChI=1S/C14H10F9NO/c1-25-10(9-4-2-8(7-24)3-5-9)6-11(15,16)12(17,18)13(19,20)14(21,22)23/h2-5,10H,6H2,1H3. The molecule has 0 spiro atoms. The molecule has 0 heterocycles. The van der Waals surface area contributed by atoms with Crippen LogP contribution in [0.4, 0.5) is 39.5 Å². The SMILES string of the molecule is COC(CC(F)(F)C(F)(F)C(F)(F)C(F)(F)F)c1ccc(C#N)cc1. The highest BCUT2D eigenvalue weighted by atomic mass is 19.4. The lowest BCUT2D eigenvalue weighted by molar-refractivity contribution is -0.398. The van der Waals surface area contributed by atoms with E-state index in [0.29, 0.717) is 0 Å². The molecule has 0 aliphatic carbocycles. The van der Waals surface area contributed by atoms with Gasteiger partial charge >= 0.3 is 23.9 Å². The molecule has 1 aromatic rings. The van der Waals surface area contributed by atoms with Crippen LogP contribution in [0, 0.1) is 11.3 Å². The highest BCUT2D eigenvalue weighted by Gasteiger charge is 2.81. The van der Waals surface area contributed by atoms with Crippen LogP contribution in [-0.4, -0.2) is 31.1 Å². The maximum atomic E-state index is 13.6. The van der Waals surface area contributed by atoms with E-state index in [9.17, 15) is 39.5 Å². The fourth-order valence-corrected chi connectivity index (χ4v) is 1.88. The molecule has 1 rings (SSSR count). The van der Waals surface area contributed by atoms with Gasteiger partial charge in [-0.1, -0.05) is 12.1 Å². The molecule has 0 radical (unpaired) electrons. The first-order valence-corrected chi connectivity index (χ1v) is 6.44. The molecule has 2 nitrogen and oxygen atoms in total. The van der Waals surface area contributed by atoms with Crippen molar-refractivity contribution >= 4 is 0 Å². The van der Waals surface area contributed by atoms with E-state index in [0.717, 1.165) is 31.4 Å². The smallest absolute Gasteiger partial charge is 0.377 e. The van der Waals surface area contributed by atoms with Gasteiger partial charge in [0, 0.05) is 13.5 Å². The number of halogens is 9. The molecular formula is C14H10F9NO. The maximum Gasteiger partial charge on any atom is 0.460 e. The number of methoxy groups -OCH3 is 1. The summed E-state index contributed by atoms with van der Waals surface area (Å²) in [5.41, 5.74) is -0.119. The average Bonchev–Trinajstić information content (AvgIpc) is 2.51. The first kappa shape index (κ1) is 21.1. The lowest BCUT2D eigenvalue weighted by Gasteiger charge is -2.35. The number of nitrogens with zero attached hydrogens (tertiary/aromatic N) is 1. The third-order valence-electron chi connectivity index (χ3n) is 3.35. The van der Waals surface area contributed by atoms with Gasteiger partial charge in [0.2, 0.25) is 0 Å². The lowest BCUT2D eigenvalue weighted by Crippen LogP contribution is -2.61. The molecule has 0 aliphatic rings. The summed E-state index contributed by atoms with van der Waals surface area (Å²) in [6, 6.07) is 5.97. The minimum absolute atomic E-state index is 0.0827. The topological polar surface area (TPSA) is 33.0 Å². The predicted molar refractivity (Wildman–Crippen MR) is 66.4 cm³/mol. The Morgan fingerprint density at radius 3 is 1.76 bits per heavy atom. The molecule has 11 heteroatoms. The number of rotatable bonds is 6. The molecule has 0 fully saturated rings. The van der Waals surface area contributed by atoms with Crippen molar-refractivity contribution in [3.8, 4) is 6.07 Å². The van der Waals surface area contributed by atoms with E-state index in [2.05, 4.69) is 4.74 Å². The number of hydrogen-bond acceptors (Lipinski definition) is 2. The third kappa shape index (κ3) is 3.84. The van der Waals surface area contributed by atoms with E-state index in [1.165, 1.54) is 0 Å². The van der Waals surface area contributed by atoms with Crippen LogP contribution in [-0.2, 0) is 4.74 Å². The Morgan fingerprint density at radius 1 is 0.920 bits per heavy atom. The molecular weight excluding hydrogens is 369 g/mol. The van der Waals surface area contributed by atoms with Crippen LogP contribution in [0.25, 0.3) is 0 Å². The van der Waals surface area contributed by atoms with Crippen LogP contribution in [0.2, 0.25) is 0 Å². The zero-order valence-corrected chi connectivity index (χ0v) is 12.4. The van der Waals surface area contributed by atoms with E-state index >= 15 is 0 Å². The summed E-state index contributed by atoms with van der Waals surface area (Å²) >= 11 is 0. The summed E-state index contributed by atoms with van der Waals surface area (Å²) in [6.45, 7) is 0. The van der Waals surface area contributed by atoms with Gasteiger partial charge < -0.3 is 4.74 Å². The summed E-state index contributed by atoms with van der Waals surface area (Å²) < 4.78 is 120. The number of ether oxygens (including phenoxy) is 1. The van der Waals surface area contributed by atoms with Crippen LogP contribution >= 0.6 is 0 Å². The van der Waals surface area contributed by atoms with Gasteiger partial charge in [-0.25, -0.2) is 0 Å². The normalized spacial score (nSPS) is 14.9. The zero-order chi connectivity index (χ0) is 19.7. The molecule has 1 atom stereocenters. The monoisotopic (exact) mass is 379 g/mol. The Hall–Kier alpha value is -1.96. The van der Waals surface area contributed by atoms with Gasteiger partial charge in [-0.2, -0.15) is 44.8 Å². The maximum absolute atomic E-state index is 13.6. The second kappa shape index (κ2) is 6.74. The molecule has 0 N–H and O–H groups in total. The molecule has 0 aliphatic heterocycles. The van der Waals surface area contributed by atoms with Crippen LogP contribution in [0.5, 0.6) is 0 Å². The minimum Gasteiger partial charge on any atom is -0.377 e. The van der Waals surface area contributed by atoms with Crippen molar-refractivity contribution in [1.29, 1.82) is 5.26 Å². The molecule has 0 amide bonds. The van der Waals surface area contributed by atoms with Crippen molar-refractivity contribution in [3.63, 3.8) is 0 Å². The van der Waals surface area contributed by atoms with Gasteiger partial charge in [0.15, 0.2) is 0 Å². The lowest BCUT2D eigenvalue weighted by atomic mass is 9.95. The van der Waals surface area contributed by atoms with Crippen LogP contribution < -0.4 is 0 Å².